The summed E-state index contributed by atoms with van der Waals surface area (Å²) in [6.07, 6.45) is 2.70. The molecule has 1 amide bonds. The Morgan fingerprint density at radius 3 is 2.58 bits per heavy atom. The van der Waals surface area contributed by atoms with Gasteiger partial charge in [0, 0.05) is 18.5 Å². The molecule has 1 aromatic rings. The molecule has 1 rings (SSSR count). The average Bonchev–Trinajstić information content (AvgIpc) is 2.37. The van der Waals surface area contributed by atoms with E-state index in [2.05, 4.69) is 16.9 Å². The van der Waals surface area contributed by atoms with Crippen molar-refractivity contribution in [1.29, 1.82) is 0 Å². The molecule has 0 saturated heterocycles. The van der Waals surface area contributed by atoms with Crippen molar-refractivity contribution in [1.82, 2.24) is 9.97 Å². The van der Waals surface area contributed by atoms with E-state index in [9.17, 15) is 4.79 Å². The first-order chi connectivity index (χ1) is 8.99. The zero-order valence-electron chi connectivity index (χ0n) is 11.7. The van der Waals surface area contributed by atoms with E-state index in [1.807, 2.05) is 18.7 Å². The third kappa shape index (κ3) is 4.35. The normalized spacial score (nSPS) is 10.5. The molecule has 0 radical (unpaired) electrons. The fourth-order valence-electron chi connectivity index (χ4n) is 1.78. The Labute approximate surface area is 119 Å². The zero-order chi connectivity index (χ0) is 14.4. The van der Waals surface area contributed by atoms with Gasteiger partial charge in [-0.05, 0) is 13.3 Å². The van der Waals surface area contributed by atoms with Crippen LogP contribution in [-0.2, 0) is 11.2 Å². The van der Waals surface area contributed by atoms with E-state index >= 15 is 0 Å². The van der Waals surface area contributed by atoms with E-state index in [0.717, 1.165) is 24.9 Å². The number of aryl methyl sites for hydroxylation is 1. The van der Waals surface area contributed by atoms with Gasteiger partial charge in [-0.25, -0.2) is 9.97 Å². The van der Waals surface area contributed by atoms with Crippen LogP contribution >= 0.6 is 11.6 Å². The van der Waals surface area contributed by atoms with Crippen molar-refractivity contribution in [2.45, 2.75) is 40.0 Å². The summed E-state index contributed by atoms with van der Waals surface area (Å²) in [6.45, 7) is 6.81. The van der Waals surface area contributed by atoms with Gasteiger partial charge in [-0.3, -0.25) is 4.79 Å². The highest BCUT2D eigenvalue weighted by Crippen LogP contribution is 2.23. The van der Waals surface area contributed by atoms with Crippen molar-refractivity contribution in [3.63, 3.8) is 0 Å². The molecular formula is C13H21ClN4O. The lowest BCUT2D eigenvalue weighted by atomic mass is 10.2. The van der Waals surface area contributed by atoms with Crippen molar-refractivity contribution < 1.29 is 4.79 Å². The summed E-state index contributed by atoms with van der Waals surface area (Å²) in [7, 11) is 0. The molecule has 0 saturated carbocycles. The molecule has 106 valence electrons. The van der Waals surface area contributed by atoms with Gasteiger partial charge in [-0.1, -0.05) is 31.9 Å². The molecule has 0 unspecified atom stereocenters. The Morgan fingerprint density at radius 1 is 1.37 bits per heavy atom. The summed E-state index contributed by atoms with van der Waals surface area (Å²) in [5.41, 5.74) is 6.09. The molecule has 6 heteroatoms. The van der Waals surface area contributed by atoms with Gasteiger partial charge in [-0.2, -0.15) is 0 Å². The number of nitrogens with two attached hydrogens (primary N) is 1. The third-order valence-electron chi connectivity index (χ3n) is 2.85. The Balaban J connectivity index is 3.12. The lowest BCUT2D eigenvalue weighted by Gasteiger charge is -2.24. The van der Waals surface area contributed by atoms with Crippen LogP contribution in [0.25, 0.3) is 0 Å². The van der Waals surface area contributed by atoms with Crippen molar-refractivity contribution >= 4 is 23.3 Å². The molecule has 0 aliphatic rings. The summed E-state index contributed by atoms with van der Waals surface area (Å²) in [6, 6.07) is 0. The van der Waals surface area contributed by atoms with Crippen LogP contribution in [0.5, 0.6) is 0 Å². The maximum atomic E-state index is 11.2. The Hall–Kier alpha value is -1.36. The van der Waals surface area contributed by atoms with Crippen LogP contribution in [-0.4, -0.2) is 29.0 Å². The second-order valence-electron chi connectivity index (χ2n) is 4.47. The van der Waals surface area contributed by atoms with E-state index in [-0.39, 0.29) is 12.5 Å². The van der Waals surface area contributed by atoms with Gasteiger partial charge >= 0.3 is 0 Å². The number of aromatic nitrogens is 2. The Morgan fingerprint density at radius 2 is 2.05 bits per heavy atom. The average molecular weight is 285 g/mol. The van der Waals surface area contributed by atoms with Gasteiger partial charge in [0.1, 0.15) is 16.8 Å². The molecule has 0 atom stereocenters. The van der Waals surface area contributed by atoms with Gasteiger partial charge in [0.2, 0.25) is 5.91 Å². The summed E-state index contributed by atoms with van der Waals surface area (Å²) >= 11 is 6.12. The maximum Gasteiger partial charge on any atom is 0.236 e. The highest BCUT2D eigenvalue weighted by Gasteiger charge is 2.16. The van der Waals surface area contributed by atoms with Gasteiger partial charge in [0.15, 0.2) is 0 Å². The summed E-state index contributed by atoms with van der Waals surface area (Å²) < 4.78 is 0. The predicted octanol–water partition coefficient (Wildman–Crippen LogP) is 2.09. The minimum Gasteiger partial charge on any atom is -0.368 e. The number of unbranched alkanes of at least 4 members (excludes halogenated alkanes) is 1. The lowest BCUT2D eigenvalue weighted by molar-refractivity contribution is -0.116. The first kappa shape index (κ1) is 15.7. The molecule has 0 aromatic carbocycles. The number of hydrogen-bond donors (Lipinski definition) is 1. The van der Waals surface area contributed by atoms with E-state index < -0.39 is 0 Å². The molecular weight excluding hydrogens is 264 g/mol. The Bertz CT molecular complexity index is 451. The van der Waals surface area contributed by atoms with Crippen molar-refractivity contribution in [3.8, 4) is 0 Å². The van der Waals surface area contributed by atoms with Crippen LogP contribution in [0.4, 0.5) is 5.82 Å². The van der Waals surface area contributed by atoms with E-state index in [4.69, 9.17) is 17.3 Å². The maximum absolute atomic E-state index is 11.2. The minimum absolute atomic E-state index is 0.150. The molecule has 0 bridgehead atoms. The number of carbonyl (C=O) groups is 1. The highest BCUT2D eigenvalue weighted by atomic mass is 35.5. The second-order valence-corrected chi connectivity index (χ2v) is 4.83. The molecule has 0 aliphatic carbocycles. The minimum atomic E-state index is -0.372. The van der Waals surface area contributed by atoms with Gasteiger partial charge in [0.05, 0.1) is 6.54 Å². The number of anilines is 1. The van der Waals surface area contributed by atoms with Crippen LogP contribution < -0.4 is 10.6 Å². The van der Waals surface area contributed by atoms with E-state index in [1.54, 1.807) is 0 Å². The molecule has 0 spiro atoms. The predicted molar refractivity (Wildman–Crippen MR) is 77.5 cm³/mol. The standard InChI is InChI=1S/C13H21ClN4O/c1-4-6-7-18(8-10(15)19)13-9(3)12(14)16-11(5-2)17-13/h4-8H2,1-3H3,(H2,15,19). The third-order valence-corrected chi connectivity index (χ3v) is 3.22. The van der Waals surface area contributed by atoms with Crippen LogP contribution in [0.15, 0.2) is 0 Å². The second kappa shape index (κ2) is 7.28. The first-order valence-corrected chi connectivity index (χ1v) is 6.93. The Kier molecular flexibility index (Phi) is 6.02. The van der Waals surface area contributed by atoms with Crippen LogP contribution in [0.1, 0.15) is 38.1 Å². The van der Waals surface area contributed by atoms with Gasteiger partial charge in [-0.15, -0.1) is 0 Å². The number of hydrogen-bond acceptors (Lipinski definition) is 4. The summed E-state index contributed by atoms with van der Waals surface area (Å²) in [5.74, 6) is 1.02. The monoisotopic (exact) mass is 284 g/mol. The van der Waals surface area contributed by atoms with Gasteiger partial charge < -0.3 is 10.6 Å². The van der Waals surface area contributed by atoms with Gasteiger partial charge in [0.25, 0.3) is 0 Å². The number of rotatable bonds is 7. The number of halogens is 1. The quantitative estimate of drug-likeness (QED) is 0.778. The fourth-order valence-corrected chi connectivity index (χ4v) is 1.97. The molecule has 5 nitrogen and oxygen atoms in total. The number of amides is 1. The molecule has 2 N–H and O–H groups in total. The molecule has 0 fully saturated rings. The first-order valence-electron chi connectivity index (χ1n) is 6.55. The molecule has 0 aliphatic heterocycles. The SMILES string of the molecule is CCCCN(CC(N)=O)c1nc(CC)nc(Cl)c1C. The largest absolute Gasteiger partial charge is 0.368 e. The van der Waals surface area contributed by atoms with Crippen LogP contribution in [0, 0.1) is 6.92 Å². The number of nitrogens with zero attached hydrogens (tertiary/aromatic N) is 3. The zero-order valence-corrected chi connectivity index (χ0v) is 12.5. The number of primary amides is 1. The fraction of sp³-hybridized carbons (Fsp3) is 0.615. The summed E-state index contributed by atoms with van der Waals surface area (Å²) in [4.78, 5) is 21.8. The van der Waals surface area contributed by atoms with E-state index in [1.165, 1.54) is 0 Å². The smallest absolute Gasteiger partial charge is 0.236 e. The molecule has 19 heavy (non-hydrogen) atoms. The highest BCUT2D eigenvalue weighted by molar-refractivity contribution is 6.30. The molecule has 1 aromatic heterocycles. The van der Waals surface area contributed by atoms with Crippen LogP contribution in [0.2, 0.25) is 5.15 Å². The lowest BCUT2D eigenvalue weighted by Crippen LogP contribution is -2.35. The van der Waals surface area contributed by atoms with Crippen molar-refractivity contribution in [3.05, 3.63) is 16.5 Å². The van der Waals surface area contributed by atoms with Crippen molar-refractivity contribution in [2.75, 3.05) is 18.0 Å². The van der Waals surface area contributed by atoms with Crippen LogP contribution in [0.3, 0.4) is 0 Å². The molecule has 1 heterocycles. The number of carbonyl (C=O) groups excluding carboxylic acids is 1. The summed E-state index contributed by atoms with van der Waals surface area (Å²) in [5, 5.41) is 0.438. The van der Waals surface area contributed by atoms with Crippen molar-refractivity contribution in [2.24, 2.45) is 5.73 Å². The van der Waals surface area contributed by atoms with E-state index in [0.29, 0.717) is 23.2 Å². The topological polar surface area (TPSA) is 72.1 Å².